The Balaban J connectivity index is 2.05. The van der Waals surface area contributed by atoms with Crippen LogP contribution in [-0.4, -0.2) is 23.5 Å². The number of nitrogens with zero attached hydrogens (tertiary/aromatic N) is 2. The van der Waals surface area contributed by atoms with Crippen LogP contribution in [0.1, 0.15) is 21.8 Å². The standard InChI is InChI=1S/C16H18FN3S/c1-12-19-15(11-21-12)10-20(2)9-13-5-6-16(17)14(8-13)4-3-7-18/h5-6,8,11H,7,9-10,18H2,1-2H3. The van der Waals surface area contributed by atoms with Crippen molar-refractivity contribution in [2.24, 2.45) is 5.73 Å². The summed E-state index contributed by atoms with van der Waals surface area (Å²) in [4.78, 5) is 6.59. The molecule has 0 saturated carbocycles. The minimum atomic E-state index is -0.308. The van der Waals surface area contributed by atoms with E-state index in [0.29, 0.717) is 12.1 Å². The molecule has 3 nitrogen and oxygen atoms in total. The van der Waals surface area contributed by atoms with E-state index in [-0.39, 0.29) is 12.4 Å². The van der Waals surface area contributed by atoms with Gasteiger partial charge in [-0.3, -0.25) is 4.90 Å². The molecule has 0 aliphatic rings. The van der Waals surface area contributed by atoms with E-state index in [4.69, 9.17) is 5.73 Å². The van der Waals surface area contributed by atoms with Crippen molar-refractivity contribution in [1.82, 2.24) is 9.88 Å². The molecular formula is C16H18FN3S. The average molecular weight is 303 g/mol. The van der Waals surface area contributed by atoms with E-state index in [1.165, 1.54) is 6.07 Å². The lowest BCUT2D eigenvalue weighted by molar-refractivity contribution is 0.315. The maximum Gasteiger partial charge on any atom is 0.138 e. The van der Waals surface area contributed by atoms with Gasteiger partial charge in [0.05, 0.1) is 22.8 Å². The van der Waals surface area contributed by atoms with E-state index in [2.05, 4.69) is 27.1 Å². The Morgan fingerprint density at radius 1 is 1.38 bits per heavy atom. The first-order chi connectivity index (χ1) is 10.1. The summed E-state index contributed by atoms with van der Waals surface area (Å²) >= 11 is 1.65. The van der Waals surface area contributed by atoms with Crippen molar-refractivity contribution in [3.05, 3.63) is 51.2 Å². The largest absolute Gasteiger partial charge is 0.320 e. The summed E-state index contributed by atoms with van der Waals surface area (Å²) < 4.78 is 13.6. The summed E-state index contributed by atoms with van der Waals surface area (Å²) in [6.07, 6.45) is 0. The zero-order valence-corrected chi connectivity index (χ0v) is 13.0. The first kappa shape index (κ1) is 15.6. The van der Waals surface area contributed by atoms with Crippen LogP contribution in [0.3, 0.4) is 0 Å². The van der Waals surface area contributed by atoms with Gasteiger partial charge in [0, 0.05) is 18.5 Å². The number of aryl methyl sites for hydroxylation is 1. The Hall–Kier alpha value is -1.74. The van der Waals surface area contributed by atoms with Crippen molar-refractivity contribution >= 4 is 11.3 Å². The minimum absolute atomic E-state index is 0.229. The number of hydrogen-bond donors (Lipinski definition) is 1. The van der Waals surface area contributed by atoms with Crippen molar-refractivity contribution in [1.29, 1.82) is 0 Å². The fourth-order valence-electron chi connectivity index (χ4n) is 2.04. The predicted molar refractivity (Wildman–Crippen MR) is 84.4 cm³/mol. The maximum absolute atomic E-state index is 13.6. The van der Waals surface area contributed by atoms with Crippen LogP contribution in [0.25, 0.3) is 0 Å². The molecule has 2 aromatic rings. The minimum Gasteiger partial charge on any atom is -0.320 e. The van der Waals surface area contributed by atoms with E-state index in [1.807, 2.05) is 14.0 Å². The lowest BCUT2D eigenvalue weighted by atomic mass is 10.1. The number of thiazole rings is 1. The second-order valence-corrected chi connectivity index (χ2v) is 5.91. The molecule has 0 aliphatic carbocycles. The Morgan fingerprint density at radius 3 is 2.86 bits per heavy atom. The lowest BCUT2D eigenvalue weighted by Crippen LogP contribution is -2.17. The third kappa shape index (κ3) is 4.64. The molecule has 0 spiro atoms. The van der Waals surface area contributed by atoms with Gasteiger partial charge in [0.25, 0.3) is 0 Å². The number of nitrogens with two attached hydrogens (primary N) is 1. The highest BCUT2D eigenvalue weighted by Crippen LogP contribution is 2.14. The summed E-state index contributed by atoms with van der Waals surface area (Å²) in [5.41, 5.74) is 7.80. The highest BCUT2D eigenvalue weighted by atomic mass is 32.1. The van der Waals surface area contributed by atoms with E-state index in [0.717, 1.165) is 22.8 Å². The van der Waals surface area contributed by atoms with Crippen molar-refractivity contribution < 1.29 is 4.39 Å². The summed E-state index contributed by atoms with van der Waals surface area (Å²) in [6, 6.07) is 5.02. The van der Waals surface area contributed by atoms with Crippen LogP contribution >= 0.6 is 11.3 Å². The lowest BCUT2D eigenvalue weighted by Gasteiger charge is -2.15. The third-order valence-corrected chi connectivity index (χ3v) is 3.73. The van der Waals surface area contributed by atoms with Crippen molar-refractivity contribution in [3.63, 3.8) is 0 Å². The van der Waals surface area contributed by atoms with Gasteiger partial charge < -0.3 is 5.73 Å². The zero-order chi connectivity index (χ0) is 15.2. The Labute approximate surface area is 128 Å². The molecule has 0 fully saturated rings. The highest BCUT2D eigenvalue weighted by molar-refractivity contribution is 7.09. The molecule has 1 aromatic heterocycles. The SMILES string of the molecule is Cc1nc(CN(C)Cc2ccc(F)c(C#CCN)c2)cs1. The molecule has 0 aliphatic heterocycles. The topological polar surface area (TPSA) is 42.2 Å². The number of rotatable bonds is 4. The van der Waals surface area contributed by atoms with Crippen LogP contribution in [0, 0.1) is 24.6 Å². The molecular weight excluding hydrogens is 285 g/mol. The number of hydrogen-bond acceptors (Lipinski definition) is 4. The predicted octanol–water partition coefficient (Wildman–Crippen LogP) is 2.53. The van der Waals surface area contributed by atoms with Crippen LogP contribution in [0.4, 0.5) is 4.39 Å². The van der Waals surface area contributed by atoms with Gasteiger partial charge in [0.2, 0.25) is 0 Å². The van der Waals surface area contributed by atoms with Gasteiger partial charge in [-0.15, -0.1) is 11.3 Å². The fourth-order valence-corrected chi connectivity index (χ4v) is 2.64. The molecule has 2 rings (SSSR count). The second kappa shape index (κ2) is 7.32. The van der Waals surface area contributed by atoms with Crippen molar-refractivity contribution in [3.8, 4) is 11.8 Å². The van der Waals surface area contributed by atoms with Gasteiger partial charge in [-0.2, -0.15) is 0 Å². The molecule has 2 N–H and O–H groups in total. The Kier molecular flexibility index (Phi) is 5.45. The normalized spacial score (nSPS) is 10.5. The van der Waals surface area contributed by atoms with Crippen LogP contribution < -0.4 is 5.73 Å². The van der Waals surface area contributed by atoms with E-state index in [9.17, 15) is 4.39 Å². The second-order valence-electron chi connectivity index (χ2n) is 4.85. The molecule has 0 atom stereocenters. The molecule has 0 unspecified atom stereocenters. The van der Waals surface area contributed by atoms with Gasteiger partial charge >= 0.3 is 0 Å². The number of aromatic nitrogens is 1. The Morgan fingerprint density at radius 2 is 2.19 bits per heavy atom. The summed E-state index contributed by atoms with van der Waals surface area (Å²) in [6.45, 7) is 3.71. The van der Waals surface area contributed by atoms with E-state index >= 15 is 0 Å². The molecule has 0 radical (unpaired) electrons. The molecule has 5 heteroatoms. The van der Waals surface area contributed by atoms with Crippen LogP contribution in [0.2, 0.25) is 0 Å². The molecule has 1 heterocycles. The first-order valence-electron chi connectivity index (χ1n) is 6.65. The van der Waals surface area contributed by atoms with Gasteiger partial charge in [0.1, 0.15) is 5.82 Å². The summed E-state index contributed by atoms with van der Waals surface area (Å²) in [7, 11) is 2.02. The smallest absolute Gasteiger partial charge is 0.138 e. The monoisotopic (exact) mass is 303 g/mol. The fraction of sp³-hybridized carbons (Fsp3) is 0.312. The molecule has 110 valence electrons. The van der Waals surface area contributed by atoms with Crippen LogP contribution in [-0.2, 0) is 13.1 Å². The van der Waals surface area contributed by atoms with E-state index < -0.39 is 0 Å². The third-order valence-electron chi connectivity index (χ3n) is 2.91. The van der Waals surface area contributed by atoms with Gasteiger partial charge in [-0.25, -0.2) is 9.37 Å². The van der Waals surface area contributed by atoms with Gasteiger partial charge in [0.15, 0.2) is 0 Å². The molecule has 0 bridgehead atoms. The van der Waals surface area contributed by atoms with Gasteiger partial charge in [-0.1, -0.05) is 17.9 Å². The Bertz CT molecular complexity index is 670. The van der Waals surface area contributed by atoms with E-state index in [1.54, 1.807) is 23.5 Å². The summed E-state index contributed by atoms with van der Waals surface area (Å²) in [5.74, 6) is 5.14. The van der Waals surface area contributed by atoms with Crippen LogP contribution in [0.5, 0.6) is 0 Å². The van der Waals surface area contributed by atoms with Crippen molar-refractivity contribution in [2.45, 2.75) is 20.0 Å². The molecule has 1 aromatic carbocycles. The summed E-state index contributed by atoms with van der Waals surface area (Å²) in [5, 5.41) is 3.13. The average Bonchev–Trinajstić information content (AvgIpc) is 2.84. The highest BCUT2D eigenvalue weighted by Gasteiger charge is 2.07. The zero-order valence-electron chi connectivity index (χ0n) is 12.2. The van der Waals surface area contributed by atoms with Gasteiger partial charge in [-0.05, 0) is 31.7 Å². The molecule has 0 saturated heterocycles. The van der Waals surface area contributed by atoms with Crippen LogP contribution in [0.15, 0.2) is 23.6 Å². The quantitative estimate of drug-likeness (QED) is 0.883. The molecule has 0 amide bonds. The first-order valence-corrected chi connectivity index (χ1v) is 7.53. The molecule has 21 heavy (non-hydrogen) atoms. The maximum atomic E-state index is 13.6. The van der Waals surface area contributed by atoms with Crippen molar-refractivity contribution in [2.75, 3.05) is 13.6 Å². The number of benzene rings is 1. The number of halogens is 1.